The van der Waals surface area contributed by atoms with E-state index in [0.717, 1.165) is 16.7 Å². The molecule has 156 valence electrons. The van der Waals surface area contributed by atoms with E-state index in [1.165, 1.54) is 16.4 Å². The average molecular weight is 427 g/mol. The van der Waals surface area contributed by atoms with E-state index >= 15 is 0 Å². The number of rotatable bonds is 4. The van der Waals surface area contributed by atoms with Crippen LogP contribution in [0, 0.1) is 0 Å². The van der Waals surface area contributed by atoms with Gasteiger partial charge in [-0.25, -0.2) is 13.2 Å². The zero-order valence-electron chi connectivity index (χ0n) is 16.4. The lowest BCUT2D eigenvalue weighted by Gasteiger charge is -2.31. The number of oxazole rings is 1. The van der Waals surface area contributed by atoms with Gasteiger partial charge < -0.3 is 13.7 Å². The number of hydrogen-bond donors (Lipinski definition) is 1. The van der Waals surface area contributed by atoms with E-state index in [1.54, 1.807) is 6.07 Å². The topological polar surface area (TPSA) is 97.5 Å². The number of nitrogens with zero attached hydrogens (tertiary/aromatic N) is 2. The molecule has 1 fully saturated rings. The number of aromatic nitrogens is 2. The predicted octanol–water partition coefficient (Wildman–Crippen LogP) is 2.84. The minimum atomic E-state index is -3.67. The van der Waals surface area contributed by atoms with Crippen molar-refractivity contribution < 1.29 is 17.6 Å². The Balaban J connectivity index is 1.31. The Bertz CT molecular complexity index is 1390. The van der Waals surface area contributed by atoms with Crippen LogP contribution in [0.3, 0.4) is 0 Å². The third-order valence-corrected chi connectivity index (χ3v) is 7.51. The van der Waals surface area contributed by atoms with Crippen molar-refractivity contribution in [1.82, 2.24) is 13.9 Å². The van der Waals surface area contributed by atoms with E-state index in [1.807, 2.05) is 42.1 Å². The molecule has 2 aromatic carbocycles. The Labute approximate surface area is 172 Å². The van der Waals surface area contributed by atoms with Crippen LogP contribution in [0.1, 0.15) is 12.8 Å². The number of piperidine rings is 1. The van der Waals surface area contributed by atoms with E-state index in [-0.39, 0.29) is 16.6 Å². The summed E-state index contributed by atoms with van der Waals surface area (Å²) in [6.07, 6.45) is 3.15. The van der Waals surface area contributed by atoms with Gasteiger partial charge in [0.15, 0.2) is 5.58 Å². The van der Waals surface area contributed by atoms with E-state index in [0.29, 0.717) is 31.4 Å². The summed E-state index contributed by atoms with van der Waals surface area (Å²) in [5.74, 6) is 0.216. The molecule has 0 radical (unpaired) electrons. The van der Waals surface area contributed by atoms with E-state index in [2.05, 4.69) is 4.98 Å². The second kappa shape index (κ2) is 7.03. The van der Waals surface area contributed by atoms with Crippen molar-refractivity contribution in [3.8, 4) is 5.75 Å². The van der Waals surface area contributed by atoms with E-state index in [9.17, 15) is 13.2 Å². The fourth-order valence-corrected chi connectivity index (χ4v) is 5.47. The van der Waals surface area contributed by atoms with Crippen molar-refractivity contribution in [2.75, 3.05) is 13.1 Å². The number of fused-ring (bicyclic) bond motifs is 2. The summed E-state index contributed by atoms with van der Waals surface area (Å²) in [6, 6.07) is 12.4. The van der Waals surface area contributed by atoms with E-state index in [4.69, 9.17) is 9.15 Å². The van der Waals surface area contributed by atoms with Crippen LogP contribution in [0.5, 0.6) is 5.75 Å². The van der Waals surface area contributed by atoms with Crippen LogP contribution < -0.4 is 10.5 Å². The first-order valence-electron chi connectivity index (χ1n) is 9.75. The zero-order valence-corrected chi connectivity index (χ0v) is 17.2. The molecule has 1 N–H and O–H groups in total. The van der Waals surface area contributed by atoms with Crippen molar-refractivity contribution in [1.29, 1.82) is 0 Å². The third kappa shape index (κ3) is 3.20. The second-order valence-electron chi connectivity index (χ2n) is 7.51. The van der Waals surface area contributed by atoms with Crippen molar-refractivity contribution in [3.05, 3.63) is 59.2 Å². The smallest absolute Gasteiger partial charge is 0.417 e. The van der Waals surface area contributed by atoms with Crippen LogP contribution in [-0.4, -0.2) is 41.5 Å². The molecular weight excluding hydrogens is 406 g/mol. The highest BCUT2D eigenvalue weighted by molar-refractivity contribution is 7.89. The molecule has 0 amide bonds. The SMILES string of the molecule is Cn1ccc2c(OC3CCN(S(=O)(=O)c4ccc5[nH]c(=O)oc5c4)CC3)cccc21. The van der Waals surface area contributed by atoms with Gasteiger partial charge >= 0.3 is 5.76 Å². The number of aryl methyl sites for hydroxylation is 1. The second-order valence-corrected chi connectivity index (χ2v) is 9.45. The van der Waals surface area contributed by atoms with Crippen molar-refractivity contribution in [3.63, 3.8) is 0 Å². The zero-order chi connectivity index (χ0) is 20.9. The van der Waals surface area contributed by atoms with Gasteiger partial charge in [-0.15, -0.1) is 0 Å². The van der Waals surface area contributed by atoms with Gasteiger partial charge in [0.05, 0.1) is 15.9 Å². The van der Waals surface area contributed by atoms with Gasteiger partial charge in [-0.05, 0) is 43.2 Å². The Morgan fingerprint density at radius 2 is 1.93 bits per heavy atom. The van der Waals surface area contributed by atoms with Crippen LogP contribution in [-0.2, 0) is 17.1 Å². The molecule has 1 aliphatic heterocycles. The molecule has 9 heteroatoms. The molecular formula is C21H21N3O5S. The van der Waals surface area contributed by atoms with Gasteiger partial charge in [0, 0.05) is 37.8 Å². The minimum Gasteiger partial charge on any atom is -0.490 e. The highest BCUT2D eigenvalue weighted by atomic mass is 32.2. The standard InChI is InChI=1S/C21H21N3O5S/c1-23-10-9-16-18(23)3-2-4-19(16)28-14-7-11-24(12-8-14)30(26,27)15-5-6-17-20(13-15)29-21(25)22-17/h2-6,9-10,13-14H,7-8,11-12H2,1H3,(H,22,25). The molecule has 30 heavy (non-hydrogen) atoms. The van der Waals surface area contributed by atoms with Crippen molar-refractivity contribution in [2.45, 2.75) is 23.8 Å². The Morgan fingerprint density at radius 1 is 1.13 bits per heavy atom. The molecule has 0 unspecified atom stereocenters. The molecule has 0 bridgehead atoms. The summed E-state index contributed by atoms with van der Waals surface area (Å²) >= 11 is 0. The van der Waals surface area contributed by atoms with Gasteiger partial charge in [0.2, 0.25) is 10.0 Å². The van der Waals surface area contributed by atoms with Gasteiger partial charge in [-0.3, -0.25) is 4.98 Å². The lowest BCUT2D eigenvalue weighted by Crippen LogP contribution is -2.41. The summed E-state index contributed by atoms with van der Waals surface area (Å²) in [4.78, 5) is 14.0. The molecule has 0 saturated carbocycles. The quantitative estimate of drug-likeness (QED) is 0.540. The number of sulfonamides is 1. The van der Waals surface area contributed by atoms with Crippen molar-refractivity contribution >= 4 is 32.0 Å². The maximum atomic E-state index is 13.0. The molecule has 5 rings (SSSR count). The van der Waals surface area contributed by atoms with Crippen LogP contribution in [0.4, 0.5) is 0 Å². The van der Waals surface area contributed by atoms with Crippen LogP contribution in [0.25, 0.3) is 22.0 Å². The number of hydrogen-bond acceptors (Lipinski definition) is 5. The largest absolute Gasteiger partial charge is 0.490 e. The Morgan fingerprint density at radius 3 is 2.73 bits per heavy atom. The average Bonchev–Trinajstić information content (AvgIpc) is 3.30. The summed E-state index contributed by atoms with van der Waals surface area (Å²) in [6.45, 7) is 0.736. The first kappa shape index (κ1) is 19.0. The lowest BCUT2D eigenvalue weighted by molar-refractivity contribution is 0.137. The van der Waals surface area contributed by atoms with Crippen LogP contribution in [0.2, 0.25) is 0 Å². The fraction of sp³-hybridized carbons (Fsp3) is 0.286. The number of benzene rings is 2. The highest BCUT2D eigenvalue weighted by Gasteiger charge is 2.30. The molecule has 4 aromatic rings. The number of nitrogens with one attached hydrogen (secondary N) is 1. The molecule has 1 aliphatic rings. The summed E-state index contributed by atoms with van der Waals surface area (Å²) in [5.41, 5.74) is 1.80. The summed E-state index contributed by atoms with van der Waals surface area (Å²) in [7, 11) is -1.68. The highest BCUT2D eigenvalue weighted by Crippen LogP contribution is 2.30. The first-order valence-corrected chi connectivity index (χ1v) is 11.2. The summed E-state index contributed by atoms with van der Waals surface area (Å²) < 4.78 is 40.8. The maximum Gasteiger partial charge on any atom is 0.417 e. The molecule has 2 aromatic heterocycles. The number of H-pyrrole nitrogens is 1. The van der Waals surface area contributed by atoms with Crippen LogP contribution in [0.15, 0.2) is 62.8 Å². The van der Waals surface area contributed by atoms with Crippen LogP contribution >= 0.6 is 0 Å². The lowest BCUT2D eigenvalue weighted by atomic mass is 10.1. The fourth-order valence-electron chi connectivity index (χ4n) is 3.98. The normalized spacial score (nSPS) is 16.4. The third-order valence-electron chi connectivity index (χ3n) is 5.61. The Kier molecular flexibility index (Phi) is 4.44. The van der Waals surface area contributed by atoms with Gasteiger partial charge in [-0.1, -0.05) is 6.07 Å². The monoisotopic (exact) mass is 427 g/mol. The number of ether oxygens (including phenoxy) is 1. The molecule has 0 aliphatic carbocycles. The minimum absolute atomic E-state index is 0.0487. The Hall–Kier alpha value is -3.04. The van der Waals surface area contributed by atoms with Gasteiger partial charge in [0.1, 0.15) is 11.9 Å². The predicted molar refractivity (Wildman–Crippen MR) is 112 cm³/mol. The number of aromatic amines is 1. The molecule has 3 heterocycles. The van der Waals surface area contributed by atoms with Crippen molar-refractivity contribution in [2.24, 2.45) is 7.05 Å². The van der Waals surface area contributed by atoms with E-state index < -0.39 is 15.8 Å². The van der Waals surface area contributed by atoms with Gasteiger partial charge in [0.25, 0.3) is 0 Å². The maximum absolute atomic E-state index is 13.0. The first-order chi connectivity index (χ1) is 14.4. The van der Waals surface area contributed by atoms with Gasteiger partial charge in [-0.2, -0.15) is 4.31 Å². The molecule has 8 nitrogen and oxygen atoms in total. The molecule has 0 spiro atoms. The molecule has 1 saturated heterocycles. The molecule has 0 atom stereocenters. The summed E-state index contributed by atoms with van der Waals surface area (Å²) in [5, 5.41) is 1.05.